The van der Waals surface area contributed by atoms with Gasteiger partial charge in [0.2, 0.25) is 0 Å². The number of hydrogen-bond acceptors (Lipinski definition) is 4. The highest BCUT2D eigenvalue weighted by atomic mass is 19.1. The second-order valence-corrected chi connectivity index (χ2v) is 3.10. The van der Waals surface area contributed by atoms with Gasteiger partial charge < -0.3 is 9.47 Å². The minimum Gasteiger partial charge on any atom is -0.462 e. The number of carbonyl (C=O) groups excluding carboxylic acids is 2. The van der Waals surface area contributed by atoms with E-state index >= 15 is 0 Å². The largest absolute Gasteiger partial charge is 0.462 e. The van der Waals surface area contributed by atoms with E-state index in [4.69, 9.17) is 0 Å². The average molecular weight is 224 g/mol. The van der Waals surface area contributed by atoms with E-state index in [1.165, 1.54) is 13.8 Å². The van der Waals surface area contributed by atoms with E-state index in [2.05, 4.69) is 9.47 Å². The molecule has 0 aliphatic heterocycles. The quantitative estimate of drug-likeness (QED) is 0.502. The molecule has 2 unspecified atom stereocenters. The number of hydrogen-bond donors (Lipinski definition) is 0. The number of carbonyl (C=O) groups is 2. The summed E-state index contributed by atoms with van der Waals surface area (Å²) in [5.41, 5.74) is 0. The summed E-state index contributed by atoms with van der Waals surface area (Å²) in [5.74, 6) is -1.76. The molecule has 0 rings (SSSR count). The van der Waals surface area contributed by atoms with Crippen molar-refractivity contribution in [1.29, 1.82) is 0 Å². The summed E-state index contributed by atoms with van der Waals surface area (Å²) in [4.78, 5) is 21.6. The summed E-state index contributed by atoms with van der Waals surface area (Å²) in [6.07, 6.45) is -3.19. The minimum atomic E-state index is -1.28. The fraction of sp³-hybridized carbons (Fsp3) is 0.778. The zero-order chi connectivity index (χ0) is 11.8. The van der Waals surface area contributed by atoms with Crippen LogP contribution in [0.25, 0.3) is 0 Å². The van der Waals surface area contributed by atoms with Gasteiger partial charge in [0.25, 0.3) is 0 Å². The van der Waals surface area contributed by atoms with Gasteiger partial charge in [-0.3, -0.25) is 9.59 Å². The van der Waals surface area contributed by atoms with Crippen LogP contribution in [0, 0.1) is 0 Å². The van der Waals surface area contributed by atoms with Crippen molar-refractivity contribution in [3.8, 4) is 0 Å². The second-order valence-electron chi connectivity index (χ2n) is 3.10. The highest BCUT2D eigenvalue weighted by Gasteiger charge is 2.14. The fourth-order valence-corrected chi connectivity index (χ4v) is 0.635. The Bertz CT molecular complexity index is 194. The lowest BCUT2D eigenvalue weighted by atomic mass is 10.4. The van der Waals surface area contributed by atoms with Crippen LogP contribution in [-0.2, 0) is 19.1 Å². The van der Waals surface area contributed by atoms with Crippen molar-refractivity contribution in [1.82, 2.24) is 0 Å². The molecule has 0 N–H and O–H groups in total. The van der Waals surface area contributed by atoms with Crippen molar-refractivity contribution in [2.45, 2.75) is 32.6 Å². The van der Waals surface area contributed by atoms with Gasteiger partial charge in [0, 0.05) is 0 Å². The second kappa shape index (κ2) is 7.14. The molecule has 88 valence electrons. The average Bonchev–Trinajstić information content (AvgIpc) is 2.11. The fourth-order valence-electron chi connectivity index (χ4n) is 0.635. The third kappa shape index (κ3) is 9.11. The van der Waals surface area contributed by atoms with Crippen molar-refractivity contribution in [2.24, 2.45) is 0 Å². The predicted molar refractivity (Wildman–Crippen MR) is 47.7 cm³/mol. The Hall–Kier alpha value is -1.20. The molecule has 0 fully saturated rings. The molecular formula is C9H14F2O4. The van der Waals surface area contributed by atoms with Crippen LogP contribution in [0.4, 0.5) is 8.78 Å². The van der Waals surface area contributed by atoms with Gasteiger partial charge in [-0.2, -0.15) is 0 Å². The molecule has 0 radical (unpaired) electrons. The summed E-state index contributed by atoms with van der Waals surface area (Å²) in [6, 6.07) is 0. The summed E-state index contributed by atoms with van der Waals surface area (Å²) in [6.45, 7) is 1.64. The molecule has 0 aromatic carbocycles. The number of halogens is 2. The lowest BCUT2D eigenvalue weighted by Crippen LogP contribution is -2.19. The predicted octanol–water partition coefficient (Wildman–Crippen LogP) is 1.18. The number of ether oxygens (including phenoxy) is 2. The van der Waals surface area contributed by atoms with Crippen LogP contribution < -0.4 is 0 Å². The molecule has 0 amide bonds. The monoisotopic (exact) mass is 224 g/mol. The molecule has 0 saturated heterocycles. The summed E-state index contributed by atoms with van der Waals surface area (Å²) in [7, 11) is 0. The van der Waals surface area contributed by atoms with Gasteiger partial charge in [0.1, 0.15) is 32.0 Å². The molecule has 0 aliphatic carbocycles. The Morgan fingerprint density at radius 2 is 1.33 bits per heavy atom. The Balaban J connectivity index is 3.63. The maximum Gasteiger partial charge on any atom is 0.317 e. The first-order chi connectivity index (χ1) is 6.91. The van der Waals surface area contributed by atoms with Gasteiger partial charge in [-0.1, -0.05) is 0 Å². The van der Waals surface area contributed by atoms with E-state index in [0.717, 1.165) is 0 Å². The molecule has 0 bridgehead atoms. The van der Waals surface area contributed by atoms with E-state index in [1.54, 1.807) is 0 Å². The standard InChI is InChI=1S/C9H14F2O4/c1-6(10)4-14-8(12)3-9(13)15-5-7(2)11/h6-7H,3-5H2,1-2H3. The first kappa shape index (κ1) is 13.8. The third-order valence-electron chi connectivity index (χ3n) is 1.24. The highest BCUT2D eigenvalue weighted by Crippen LogP contribution is 1.96. The van der Waals surface area contributed by atoms with Crippen molar-refractivity contribution >= 4 is 11.9 Å². The Morgan fingerprint density at radius 1 is 1.00 bits per heavy atom. The van der Waals surface area contributed by atoms with Crippen LogP contribution in [0.2, 0.25) is 0 Å². The maximum absolute atomic E-state index is 12.2. The van der Waals surface area contributed by atoms with Gasteiger partial charge in [0.05, 0.1) is 0 Å². The van der Waals surface area contributed by atoms with Crippen molar-refractivity contribution in [3.05, 3.63) is 0 Å². The first-order valence-corrected chi connectivity index (χ1v) is 4.51. The van der Waals surface area contributed by atoms with Crippen LogP contribution in [0.5, 0.6) is 0 Å². The first-order valence-electron chi connectivity index (χ1n) is 4.51. The molecule has 0 spiro atoms. The third-order valence-corrected chi connectivity index (χ3v) is 1.24. The van der Waals surface area contributed by atoms with Crippen molar-refractivity contribution in [2.75, 3.05) is 13.2 Å². The van der Waals surface area contributed by atoms with Crippen LogP contribution in [0.3, 0.4) is 0 Å². The van der Waals surface area contributed by atoms with Gasteiger partial charge in [0.15, 0.2) is 0 Å². The van der Waals surface area contributed by atoms with Crippen molar-refractivity contribution < 1.29 is 27.8 Å². The van der Waals surface area contributed by atoms with E-state index < -0.39 is 43.9 Å². The molecular weight excluding hydrogens is 210 g/mol. The van der Waals surface area contributed by atoms with Gasteiger partial charge in [-0.05, 0) is 13.8 Å². The molecule has 6 heteroatoms. The molecule has 4 nitrogen and oxygen atoms in total. The highest BCUT2D eigenvalue weighted by molar-refractivity contribution is 5.91. The van der Waals surface area contributed by atoms with Crippen LogP contribution in [0.15, 0.2) is 0 Å². The maximum atomic E-state index is 12.2. The summed E-state index contributed by atoms with van der Waals surface area (Å²) >= 11 is 0. The van der Waals surface area contributed by atoms with Crippen molar-refractivity contribution in [3.63, 3.8) is 0 Å². The van der Waals surface area contributed by atoms with E-state index in [1.807, 2.05) is 0 Å². The SMILES string of the molecule is CC(F)COC(=O)CC(=O)OCC(C)F. The van der Waals surface area contributed by atoms with Crippen LogP contribution >= 0.6 is 0 Å². The summed E-state index contributed by atoms with van der Waals surface area (Å²) < 4.78 is 33.2. The molecule has 0 aliphatic rings. The van der Waals surface area contributed by atoms with Crippen LogP contribution in [0.1, 0.15) is 20.3 Å². The Kier molecular flexibility index (Phi) is 6.57. The Labute approximate surface area is 86.5 Å². The smallest absolute Gasteiger partial charge is 0.317 e. The van der Waals surface area contributed by atoms with E-state index in [0.29, 0.717) is 0 Å². The lowest BCUT2D eigenvalue weighted by molar-refractivity contribution is -0.156. The molecule has 0 heterocycles. The lowest BCUT2D eigenvalue weighted by Gasteiger charge is -2.06. The summed E-state index contributed by atoms with van der Waals surface area (Å²) in [5, 5.41) is 0. The van der Waals surface area contributed by atoms with E-state index in [9.17, 15) is 18.4 Å². The topological polar surface area (TPSA) is 52.6 Å². The molecule has 0 saturated carbocycles. The zero-order valence-corrected chi connectivity index (χ0v) is 8.66. The number of alkyl halides is 2. The van der Waals surface area contributed by atoms with Gasteiger partial charge in [-0.25, -0.2) is 8.78 Å². The molecule has 2 atom stereocenters. The number of esters is 2. The van der Waals surface area contributed by atoms with Gasteiger partial charge >= 0.3 is 11.9 Å². The van der Waals surface area contributed by atoms with Gasteiger partial charge in [-0.15, -0.1) is 0 Å². The normalized spacial score (nSPS) is 14.1. The molecule has 15 heavy (non-hydrogen) atoms. The minimum absolute atomic E-state index is 0.397. The van der Waals surface area contributed by atoms with Crippen LogP contribution in [-0.4, -0.2) is 37.5 Å². The molecule has 0 aromatic rings. The Morgan fingerprint density at radius 3 is 1.60 bits per heavy atom. The zero-order valence-electron chi connectivity index (χ0n) is 8.66. The number of rotatable bonds is 6. The molecule has 0 aromatic heterocycles. The van der Waals surface area contributed by atoms with E-state index in [-0.39, 0.29) is 0 Å².